The zero-order chi connectivity index (χ0) is 22.3. The van der Waals surface area contributed by atoms with Crippen molar-refractivity contribution in [3.8, 4) is 0 Å². The standard InChI is InChI=1S/C23H30ClN3O4/c1-14(2)18(20(28)31-3)25-22(30)26-12-10-23(11-13-26)19(15-4-6-16(24)7-5-15)27(21(23)29)17-8-9-17/h4-7,14,17-19H,8-13H2,1-3H3,(H,25,30)/t18-,19?/m0/s1. The van der Waals surface area contributed by atoms with Gasteiger partial charge in [-0.15, -0.1) is 0 Å². The van der Waals surface area contributed by atoms with Gasteiger partial charge in [-0.2, -0.15) is 0 Å². The van der Waals surface area contributed by atoms with Crippen molar-refractivity contribution in [2.24, 2.45) is 11.3 Å². The van der Waals surface area contributed by atoms with Gasteiger partial charge in [-0.05, 0) is 49.3 Å². The predicted octanol–water partition coefficient (Wildman–Crippen LogP) is 3.38. The van der Waals surface area contributed by atoms with Crippen LogP contribution in [0.4, 0.5) is 4.79 Å². The van der Waals surface area contributed by atoms with Crippen LogP contribution in [-0.2, 0) is 14.3 Å². The maximum atomic E-state index is 13.3. The number of rotatable bonds is 5. The molecule has 1 aromatic carbocycles. The summed E-state index contributed by atoms with van der Waals surface area (Å²) in [7, 11) is 1.32. The molecule has 2 saturated heterocycles. The van der Waals surface area contributed by atoms with E-state index in [0.29, 0.717) is 37.0 Å². The number of likely N-dealkylation sites (tertiary alicyclic amines) is 2. The van der Waals surface area contributed by atoms with Crippen LogP contribution < -0.4 is 5.32 Å². The number of esters is 1. The van der Waals surface area contributed by atoms with Gasteiger partial charge in [-0.3, -0.25) is 4.79 Å². The lowest BCUT2D eigenvalue weighted by atomic mass is 9.62. The van der Waals surface area contributed by atoms with Gasteiger partial charge in [0.2, 0.25) is 5.91 Å². The van der Waals surface area contributed by atoms with Crippen LogP contribution in [0.15, 0.2) is 24.3 Å². The number of nitrogens with zero attached hydrogens (tertiary/aromatic N) is 2. The highest BCUT2D eigenvalue weighted by Crippen LogP contribution is 2.59. The first-order chi connectivity index (χ1) is 14.8. The topological polar surface area (TPSA) is 79.0 Å². The molecular formula is C23H30ClN3O4. The van der Waals surface area contributed by atoms with E-state index in [2.05, 4.69) is 5.32 Å². The summed E-state index contributed by atoms with van der Waals surface area (Å²) in [5, 5.41) is 3.48. The molecule has 1 spiro atoms. The van der Waals surface area contributed by atoms with Gasteiger partial charge in [0.05, 0.1) is 18.6 Å². The first-order valence-corrected chi connectivity index (χ1v) is 11.4. The summed E-state index contributed by atoms with van der Waals surface area (Å²) in [6.45, 7) is 4.69. The Morgan fingerprint density at radius 1 is 1.16 bits per heavy atom. The summed E-state index contributed by atoms with van der Waals surface area (Å²) in [4.78, 5) is 41.8. The van der Waals surface area contributed by atoms with Gasteiger partial charge in [-0.25, -0.2) is 9.59 Å². The number of halogens is 1. The van der Waals surface area contributed by atoms with Crippen LogP contribution in [0.25, 0.3) is 0 Å². The Bertz CT molecular complexity index is 860. The molecule has 3 aliphatic rings. The van der Waals surface area contributed by atoms with Gasteiger partial charge in [-0.1, -0.05) is 37.6 Å². The van der Waals surface area contributed by atoms with Crippen LogP contribution in [0.5, 0.6) is 0 Å². The van der Waals surface area contributed by atoms with Crippen molar-refractivity contribution in [3.05, 3.63) is 34.9 Å². The molecule has 2 atom stereocenters. The summed E-state index contributed by atoms with van der Waals surface area (Å²) in [5.41, 5.74) is 0.645. The monoisotopic (exact) mass is 447 g/mol. The Kier molecular flexibility index (Phi) is 5.90. The number of methoxy groups -OCH3 is 1. The van der Waals surface area contributed by atoms with Crippen LogP contribution in [0.2, 0.25) is 5.02 Å². The van der Waals surface area contributed by atoms with E-state index in [1.807, 2.05) is 43.0 Å². The van der Waals surface area contributed by atoms with E-state index in [9.17, 15) is 14.4 Å². The average Bonchev–Trinajstić information content (AvgIpc) is 3.60. The van der Waals surface area contributed by atoms with E-state index in [0.717, 1.165) is 18.4 Å². The average molecular weight is 448 g/mol. The first kappa shape index (κ1) is 21.9. The minimum absolute atomic E-state index is 0.0356. The molecule has 3 amide bonds. The van der Waals surface area contributed by atoms with E-state index in [1.165, 1.54) is 7.11 Å². The molecule has 1 unspecified atom stereocenters. The van der Waals surface area contributed by atoms with Gasteiger partial charge in [0, 0.05) is 24.2 Å². The van der Waals surface area contributed by atoms with Gasteiger partial charge in [0.15, 0.2) is 0 Å². The number of ether oxygens (including phenoxy) is 1. The van der Waals surface area contributed by atoms with Gasteiger partial charge < -0.3 is 19.9 Å². The number of nitrogens with one attached hydrogen (secondary N) is 1. The zero-order valence-corrected chi connectivity index (χ0v) is 19.0. The van der Waals surface area contributed by atoms with Crippen LogP contribution >= 0.6 is 11.6 Å². The van der Waals surface area contributed by atoms with Crippen LogP contribution in [0.3, 0.4) is 0 Å². The molecular weight excluding hydrogens is 418 g/mol. The second-order valence-electron chi connectivity index (χ2n) is 9.24. The summed E-state index contributed by atoms with van der Waals surface area (Å²) in [6.07, 6.45) is 3.34. The van der Waals surface area contributed by atoms with Gasteiger partial charge in [0.1, 0.15) is 6.04 Å². The lowest BCUT2D eigenvalue weighted by Gasteiger charge is -2.59. The third-order valence-electron chi connectivity index (χ3n) is 6.93. The molecule has 0 bridgehead atoms. The molecule has 1 aromatic rings. The molecule has 1 saturated carbocycles. The lowest BCUT2D eigenvalue weighted by molar-refractivity contribution is -0.181. The van der Waals surface area contributed by atoms with Crippen molar-refractivity contribution in [1.29, 1.82) is 0 Å². The number of benzene rings is 1. The number of carbonyl (C=O) groups excluding carboxylic acids is 3. The summed E-state index contributed by atoms with van der Waals surface area (Å²) < 4.78 is 4.82. The van der Waals surface area contributed by atoms with Gasteiger partial charge in [0.25, 0.3) is 0 Å². The van der Waals surface area contributed by atoms with Crippen LogP contribution in [0, 0.1) is 11.3 Å². The number of amides is 3. The molecule has 4 rings (SSSR count). The summed E-state index contributed by atoms with van der Waals surface area (Å²) >= 11 is 6.08. The fourth-order valence-electron chi connectivity index (χ4n) is 4.99. The number of hydrogen-bond acceptors (Lipinski definition) is 4. The fourth-order valence-corrected chi connectivity index (χ4v) is 5.12. The normalized spacial score (nSPS) is 23.5. The lowest BCUT2D eigenvalue weighted by Crippen LogP contribution is -2.67. The number of piperidine rings is 1. The molecule has 1 aliphatic carbocycles. The molecule has 0 radical (unpaired) electrons. The highest BCUT2D eigenvalue weighted by Gasteiger charge is 2.64. The minimum Gasteiger partial charge on any atom is -0.467 e. The Labute approximate surface area is 188 Å². The molecule has 1 N–H and O–H groups in total. The van der Waals surface area contributed by atoms with Gasteiger partial charge >= 0.3 is 12.0 Å². The smallest absolute Gasteiger partial charge is 0.328 e. The summed E-state index contributed by atoms with van der Waals surface area (Å²) in [6, 6.07) is 7.18. The van der Waals surface area contributed by atoms with Crippen molar-refractivity contribution < 1.29 is 19.1 Å². The predicted molar refractivity (Wildman–Crippen MR) is 116 cm³/mol. The summed E-state index contributed by atoms with van der Waals surface area (Å²) in [5.74, 6) is -0.319. The molecule has 168 valence electrons. The highest BCUT2D eigenvalue weighted by atomic mass is 35.5. The Balaban J connectivity index is 1.46. The molecule has 2 heterocycles. The molecule has 8 heteroatoms. The molecule has 0 aromatic heterocycles. The maximum Gasteiger partial charge on any atom is 0.328 e. The van der Waals surface area contributed by atoms with Crippen molar-refractivity contribution in [1.82, 2.24) is 15.1 Å². The van der Waals surface area contributed by atoms with E-state index >= 15 is 0 Å². The Hall–Kier alpha value is -2.28. The zero-order valence-electron chi connectivity index (χ0n) is 18.3. The number of carbonyl (C=O) groups is 3. The van der Waals surface area contributed by atoms with Crippen molar-refractivity contribution in [3.63, 3.8) is 0 Å². The quantitative estimate of drug-likeness (QED) is 0.554. The number of hydrogen-bond donors (Lipinski definition) is 1. The van der Waals surface area contributed by atoms with Crippen molar-refractivity contribution in [2.75, 3.05) is 20.2 Å². The van der Waals surface area contributed by atoms with E-state index < -0.39 is 17.4 Å². The van der Waals surface area contributed by atoms with Crippen LogP contribution in [-0.4, -0.2) is 60.0 Å². The Morgan fingerprint density at radius 2 is 1.77 bits per heavy atom. The fraction of sp³-hybridized carbons (Fsp3) is 0.609. The second-order valence-corrected chi connectivity index (χ2v) is 9.67. The number of β-lactam (4-membered cyclic amide) rings is 1. The first-order valence-electron chi connectivity index (χ1n) is 11.0. The van der Waals surface area contributed by atoms with E-state index in [-0.39, 0.29) is 23.9 Å². The third kappa shape index (κ3) is 3.88. The Morgan fingerprint density at radius 3 is 2.29 bits per heavy atom. The molecule has 31 heavy (non-hydrogen) atoms. The number of urea groups is 1. The van der Waals surface area contributed by atoms with E-state index in [4.69, 9.17) is 16.3 Å². The van der Waals surface area contributed by atoms with Crippen molar-refractivity contribution >= 4 is 29.5 Å². The second kappa shape index (κ2) is 8.34. The van der Waals surface area contributed by atoms with Crippen LogP contribution in [0.1, 0.15) is 51.1 Å². The highest BCUT2D eigenvalue weighted by molar-refractivity contribution is 6.30. The largest absolute Gasteiger partial charge is 0.467 e. The maximum absolute atomic E-state index is 13.3. The SMILES string of the molecule is COC(=O)[C@@H](NC(=O)N1CCC2(CC1)C(=O)N(C1CC1)C2c1ccc(Cl)cc1)C(C)C. The van der Waals surface area contributed by atoms with Crippen molar-refractivity contribution in [2.45, 2.75) is 57.7 Å². The van der Waals surface area contributed by atoms with E-state index in [1.54, 1.807) is 4.90 Å². The molecule has 3 fully saturated rings. The molecule has 7 nitrogen and oxygen atoms in total. The molecule has 2 aliphatic heterocycles. The third-order valence-corrected chi connectivity index (χ3v) is 7.18. The minimum atomic E-state index is -0.689.